The predicted molar refractivity (Wildman–Crippen MR) is 160 cm³/mol. The molecule has 220 valence electrons. The maximum Gasteiger partial charge on any atom is 0.307 e. The summed E-state index contributed by atoms with van der Waals surface area (Å²) in [5, 5.41) is 0. The van der Waals surface area contributed by atoms with Crippen LogP contribution in [0.1, 0.15) is 175 Å². The molecule has 0 spiro atoms. The van der Waals surface area contributed by atoms with E-state index in [1.807, 2.05) is 7.05 Å². The summed E-state index contributed by atoms with van der Waals surface area (Å²) in [6.07, 6.45) is 28.9. The topological polar surface area (TPSA) is 46.6 Å². The van der Waals surface area contributed by atoms with Gasteiger partial charge in [0.25, 0.3) is 0 Å². The van der Waals surface area contributed by atoms with Crippen LogP contribution in [0, 0.1) is 5.92 Å². The van der Waals surface area contributed by atoms with Crippen molar-refractivity contribution in [3.63, 3.8) is 0 Å². The van der Waals surface area contributed by atoms with Crippen molar-refractivity contribution in [2.75, 3.05) is 20.2 Å². The number of unbranched alkanes of at least 4 members (excludes halogenated alkanes) is 17. The molecule has 0 aliphatic carbocycles. The molecule has 1 unspecified atom stereocenters. The summed E-state index contributed by atoms with van der Waals surface area (Å²) in [6.45, 7) is 7.78. The molecule has 0 fully saturated rings. The lowest BCUT2D eigenvalue weighted by Gasteiger charge is -2.19. The Hall–Kier alpha value is -1.06. The van der Waals surface area contributed by atoms with Crippen LogP contribution in [-0.4, -0.2) is 37.0 Å². The van der Waals surface area contributed by atoms with E-state index in [0.29, 0.717) is 31.9 Å². The van der Waals surface area contributed by atoms with E-state index < -0.39 is 0 Å². The second-order valence-electron chi connectivity index (χ2n) is 11.5. The predicted octanol–water partition coefficient (Wildman–Crippen LogP) is 10.0. The van der Waals surface area contributed by atoms with Crippen molar-refractivity contribution >= 4 is 11.9 Å². The highest BCUT2D eigenvalue weighted by atomic mass is 16.5. The van der Waals surface area contributed by atoms with Crippen LogP contribution < -0.4 is 0 Å². The van der Waals surface area contributed by atoms with Gasteiger partial charge in [-0.05, 0) is 25.2 Å². The van der Waals surface area contributed by atoms with Gasteiger partial charge in [-0.1, -0.05) is 143 Å². The molecule has 0 aromatic rings. The van der Waals surface area contributed by atoms with Gasteiger partial charge >= 0.3 is 5.97 Å². The fourth-order valence-electron chi connectivity index (χ4n) is 5.01. The molecule has 4 nitrogen and oxygen atoms in total. The van der Waals surface area contributed by atoms with Crippen LogP contribution in [0.15, 0.2) is 0 Å². The summed E-state index contributed by atoms with van der Waals surface area (Å²) in [4.78, 5) is 26.5. The number of hydrogen-bond donors (Lipinski definition) is 0. The maximum absolute atomic E-state index is 12.4. The molecule has 37 heavy (non-hydrogen) atoms. The van der Waals surface area contributed by atoms with E-state index in [2.05, 4.69) is 20.8 Å². The molecule has 0 aromatic heterocycles. The first-order valence-corrected chi connectivity index (χ1v) is 16.4. The SMILES string of the molecule is CCCCCCCCCCCCC(=O)N(C)CCC(=O)OCC(CCCCCC)CCCCCCCC. The zero-order chi connectivity index (χ0) is 27.4. The highest BCUT2D eigenvalue weighted by Crippen LogP contribution is 2.20. The van der Waals surface area contributed by atoms with Gasteiger partial charge in [0, 0.05) is 20.0 Å². The average Bonchev–Trinajstić information content (AvgIpc) is 2.90. The van der Waals surface area contributed by atoms with Crippen molar-refractivity contribution in [1.29, 1.82) is 0 Å². The van der Waals surface area contributed by atoms with Crippen molar-refractivity contribution in [1.82, 2.24) is 4.90 Å². The summed E-state index contributed by atoms with van der Waals surface area (Å²) in [7, 11) is 1.82. The Balaban J connectivity index is 3.99. The third-order valence-electron chi connectivity index (χ3n) is 7.73. The Labute approximate surface area is 232 Å². The average molecular weight is 524 g/mol. The van der Waals surface area contributed by atoms with Gasteiger partial charge in [-0.2, -0.15) is 0 Å². The zero-order valence-electron chi connectivity index (χ0n) is 25.6. The van der Waals surface area contributed by atoms with Crippen LogP contribution in [0.4, 0.5) is 0 Å². The Morgan fingerprint density at radius 3 is 1.46 bits per heavy atom. The van der Waals surface area contributed by atoms with Crippen molar-refractivity contribution < 1.29 is 14.3 Å². The summed E-state index contributed by atoms with van der Waals surface area (Å²) in [5.41, 5.74) is 0. The zero-order valence-corrected chi connectivity index (χ0v) is 25.6. The second-order valence-corrected chi connectivity index (χ2v) is 11.5. The van der Waals surface area contributed by atoms with Crippen LogP contribution in [0.3, 0.4) is 0 Å². The van der Waals surface area contributed by atoms with Crippen LogP contribution in [-0.2, 0) is 14.3 Å². The first kappa shape index (κ1) is 35.9. The van der Waals surface area contributed by atoms with E-state index in [9.17, 15) is 9.59 Å². The Morgan fingerprint density at radius 1 is 0.568 bits per heavy atom. The number of nitrogens with zero attached hydrogens (tertiary/aromatic N) is 1. The minimum absolute atomic E-state index is 0.153. The van der Waals surface area contributed by atoms with Crippen molar-refractivity contribution in [3.8, 4) is 0 Å². The largest absolute Gasteiger partial charge is 0.465 e. The standard InChI is InChI=1S/C33H65NO3/c1-5-8-11-14-16-17-18-19-21-24-27-32(35)34(4)29-28-33(36)37-30-31(25-22-13-10-7-3)26-23-20-15-12-9-6-2/h31H,5-30H2,1-4H3. The molecule has 0 heterocycles. The summed E-state index contributed by atoms with van der Waals surface area (Å²) in [6, 6.07) is 0. The summed E-state index contributed by atoms with van der Waals surface area (Å²) in [5.74, 6) is 0.493. The number of esters is 1. The van der Waals surface area contributed by atoms with E-state index in [0.717, 1.165) is 12.8 Å². The molecule has 0 radical (unpaired) electrons. The fourth-order valence-corrected chi connectivity index (χ4v) is 5.01. The van der Waals surface area contributed by atoms with Gasteiger partial charge in [-0.3, -0.25) is 9.59 Å². The van der Waals surface area contributed by atoms with E-state index in [4.69, 9.17) is 4.74 Å². The van der Waals surface area contributed by atoms with E-state index >= 15 is 0 Å². The molecule has 4 heteroatoms. The summed E-state index contributed by atoms with van der Waals surface area (Å²) < 4.78 is 5.68. The highest BCUT2D eigenvalue weighted by Gasteiger charge is 2.14. The number of carbonyl (C=O) groups excluding carboxylic acids is 2. The Bertz CT molecular complexity index is 508. The van der Waals surface area contributed by atoms with Crippen LogP contribution >= 0.6 is 0 Å². The monoisotopic (exact) mass is 523 g/mol. The van der Waals surface area contributed by atoms with Gasteiger partial charge in [-0.15, -0.1) is 0 Å². The lowest BCUT2D eigenvalue weighted by molar-refractivity contribution is -0.146. The Kier molecular flexibility index (Phi) is 27.2. The van der Waals surface area contributed by atoms with E-state index in [1.54, 1.807) is 4.90 Å². The van der Waals surface area contributed by atoms with Crippen molar-refractivity contribution in [2.45, 2.75) is 175 Å². The van der Waals surface area contributed by atoms with Crippen LogP contribution in [0.25, 0.3) is 0 Å². The molecule has 0 rings (SSSR count). The van der Waals surface area contributed by atoms with Gasteiger partial charge in [0.15, 0.2) is 0 Å². The van der Waals surface area contributed by atoms with Gasteiger partial charge in [0.2, 0.25) is 5.91 Å². The lowest BCUT2D eigenvalue weighted by Crippen LogP contribution is -2.29. The number of rotatable bonds is 28. The van der Waals surface area contributed by atoms with Gasteiger partial charge in [0.05, 0.1) is 13.0 Å². The quantitative estimate of drug-likeness (QED) is 0.0757. The number of amides is 1. The number of hydrogen-bond acceptors (Lipinski definition) is 3. The van der Waals surface area contributed by atoms with Gasteiger partial charge in [0.1, 0.15) is 0 Å². The summed E-state index contributed by atoms with van der Waals surface area (Å²) >= 11 is 0. The molecular weight excluding hydrogens is 458 g/mol. The molecule has 1 amide bonds. The van der Waals surface area contributed by atoms with E-state index in [-0.39, 0.29) is 11.9 Å². The first-order valence-electron chi connectivity index (χ1n) is 16.4. The molecule has 1 atom stereocenters. The molecule has 0 aromatic carbocycles. The van der Waals surface area contributed by atoms with Gasteiger partial charge in [-0.25, -0.2) is 0 Å². The maximum atomic E-state index is 12.4. The smallest absolute Gasteiger partial charge is 0.307 e. The van der Waals surface area contributed by atoms with Gasteiger partial charge < -0.3 is 9.64 Å². The number of carbonyl (C=O) groups is 2. The van der Waals surface area contributed by atoms with Crippen LogP contribution in [0.2, 0.25) is 0 Å². The van der Waals surface area contributed by atoms with Crippen LogP contribution in [0.5, 0.6) is 0 Å². The highest BCUT2D eigenvalue weighted by molar-refractivity contribution is 5.77. The molecule has 0 saturated heterocycles. The Morgan fingerprint density at radius 2 is 0.973 bits per heavy atom. The second kappa shape index (κ2) is 28.0. The fraction of sp³-hybridized carbons (Fsp3) is 0.939. The molecule has 0 bridgehead atoms. The first-order chi connectivity index (χ1) is 18.0. The van der Waals surface area contributed by atoms with E-state index in [1.165, 1.54) is 128 Å². The molecule has 0 N–H and O–H groups in total. The molecule has 0 aliphatic rings. The van der Waals surface area contributed by atoms with Crippen molar-refractivity contribution in [3.05, 3.63) is 0 Å². The molecule has 0 aliphatic heterocycles. The number of ether oxygens (including phenoxy) is 1. The lowest BCUT2D eigenvalue weighted by atomic mass is 9.95. The third kappa shape index (κ3) is 25.0. The minimum atomic E-state index is -0.153. The molecule has 0 saturated carbocycles. The third-order valence-corrected chi connectivity index (χ3v) is 7.73. The van der Waals surface area contributed by atoms with Crippen molar-refractivity contribution in [2.24, 2.45) is 5.92 Å². The normalized spacial score (nSPS) is 12.0. The minimum Gasteiger partial charge on any atom is -0.465 e. The molecular formula is C33H65NO3.